The fraction of sp³-hybridized carbons (Fsp3) is 0.375. The van der Waals surface area contributed by atoms with Crippen LogP contribution in [-0.2, 0) is 0 Å². The van der Waals surface area contributed by atoms with Gasteiger partial charge in [0.1, 0.15) is 0 Å². The van der Waals surface area contributed by atoms with Crippen molar-refractivity contribution in [1.29, 1.82) is 0 Å². The first-order chi connectivity index (χ1) is 11.4. The molecule has 8 heteroatoms. The topological polar surface area (TPSA) is 65.5 Å². The number of aliphatic hydroxyl groups excluding tert-OH is 1. The minimum absolute atomic E-state index is 0.113. The number of likely N-dealkylation sites (tertiary alicyclic amines) is 1. The fourth-order valence-corrected chi connectivity index (χ4v) is 2.98. The van der Waals surface area contributed by atoms with Gasteiger partial charge < -0.3 is 15.3 Å². The van der Waals surface area contributed by atoms with Crippen LogP contribution in [-0.4, -0.2) is 45.9 Å². The van der Waals surface area contributed by atoms with Crippen molar-refractivity contribution < 1.29 is 23.1 Å². The van der Waals surface area contributed by atoms with Crippen LogP contribution >= 0.6 is 0 Å². The molecule has 0 radical (unpaired) electrons. The molecule has 3 rings (SSSR count). The summed E-state index contributed by atoms with van der Waals surface area (Å²) in [7, 11) is 0. The number of carbonyl (C=O) groups excluding carboxylic acids is 1. The number of nitrogens with zero attached hydrogens (tertiary/aromatic N) is 2. The fourth-order valence-electron chi connectivity index (χ4n) is 2.98. The monoisotopic (exact) mass is 339 g/mol. The number of amides is 2. The van der Waals surface area contributed by atoms with Crippen LogP contribution in [0.15, 0.2) is 36.5 Å². The number of aliphatic hydroxyl groups is 1. The molecule has 1 fully saturated rings. The highest BCUT2D eigenvalue weighted by atomic mass is 19.4. The summed E-state index contributed by atoms with van der Waals surface area (Å²) in [6.45, 7) is 0.168. The van der Waals surface area contributed by atoms with E-state index in [9.17, 15) is 23.1 Å². The van der Waals surface area contributed by atoms with Gasteiger partial charge in [-0.15, -0.1) is 0 Å². The molecule has 0 bridgehead atoms. The molecule has 2 heterocycles. The molecule has 2 aromatic rings. The number of fused-ring (bicyclic) bond motifs is 1. The van der Waals surface area contributed by atoms with E-state index in [0.717, 1.165) is 10.3 Å². The van der Waals surface area contributed by atoms with Crippen LogP contribution in [0.4, 0.5) is 23.7 Å². The molecule has 1 saturated heterocycles. The largest absolute Gasteiger partial charge is 0.416 e. The van der Waals surface area contributed by atoms with Crippen LogP contribution in [0.1, 0.15) is 12.8 Å². The minimum Gasteiger partial charge on any atom is -0.382 e. The maximum Gasteiger partial charge on any atom is 0.416 e. The highest BCUT2D eigenvalue weighted by molar-refractivity contribution is 5.99. The van der Waals surface area contributed by atoms with Gasteiger partial charge in [0.15, 0.2) is 6.10 Å². The number of anilines is 1. The summed E-state index contributed by atoms with van der Waals surface area (Å²) in [6, 6.07) is 6.83. The first kappa shape index (κ1) is 16.5. The number of halogens is 3. The van der Waals surface area contributed by atoms with Crippen molar-refractivity contribution in [2.75, 3.05) is 11.9 Å². The maximum absolute atomic E-state index is 12.8. The second kappa shape index (κ2) is 6.27. The molecule has 24 heavy (non-hydrogen) atoms. The lowest BCUT2D eigenvalue weighted by Crippen LogP contribution is -2.50. The Morgan fingerprint density at radius 3 is 2.83 bits per heavy atom. The molecule has 1 aromatic carbocycles. The maximum atomic E-state index is 12.8. The molecule has 2 amide bonds. The van der Waals surface area contributed by atoms with E-state index in [0.29, 0.717) is 17.6 Å². The van der Waals surface area contributed by atoms with Gasteiger partial charge in [-0.1, -0.05) is 18.2 Å². The van der Waals surface area contributed by atoms with Gasteiger partial charge in [-0.3, -0.25) is 4.98 Å². The number of hydrogen-bond donors (Lipinski definition) is 2. The van der Waals surface area contributed by atoms with Crippen LogP contribution in [0.2, 0.25) is 0 Å². The molecule has 5 nitrogen and oxygen atoms in total. The highest BCUT2D eigenvalue weighted by Crippen LogP contribution is 2.31. The van der Waals surface area contributed by atoms with E-state index in [2.05, 4.69) is 10.3 Å². The number of alkyl halides is 3. The summed E-state index contributed by atoms with van der Waals surface area (Å²) in [5.74, 6) is 0. The highest BCUT2D eigenvalue weighted by Gasteiger charge is 2.48. The van der Waals surface area contributed by atoms with Gasteiger partial charge in [0.05, 0.1) is 17.2 Å². The Balaban J connectivity index is 1.81. The van der Waals surface area contributed by atoms with Crippen molar-refractivity contribution in [3.05, 3.63) is 36.5 Å². The molecule has 0 aliphatic carbocycles. The van der Waals surface area contributed by atoms with Gasteiger partial charge in [-0.2, -0.15) is 13.2 Å². The lowest BCUT2D eigenvalue weighted by atomic mass is 10.1. The standard InChI is InChI=1S/C16H16F3N3O2/c17-16(18,19)14(23)12-7-3-9-22(12)15(24)21-11-6-1-4-10-5-2-8-20-13(10)11/h1-2,4-6,8,12,14,23H,3,7,9H2,(H,21,24). The lowest BCUT2D eigenvalue weighted by molar-refractivity contribution is -0.216. The number of pyridine rings is 1. The zero-order valence-corrected chi connectivity index (χ0v) is 12.6. The van der Waals surface area contributed by atoms with Gasteiger partial charge in [0.25, 0.3) is 0 Å². The second-order valence-electron chi connectivity index (χ2n) is 5.70. The number of benzene rings is 1. The Kier molecular flexibility index (Phi) is 4.31. The van der Waals surface area contributed by atoms with Crippen molar-refractivity contribution in [2.24, 2.45) is 0 Å². The third-order valence-corrected chi connectivity index (χ3v) is 4.13. The Hall–Kier alpha value is -2.35. The SMILES string of the molecule is O=C(Nc1cccc2cccnc12)N1CCCC1C(O)C(F)(F)F. The van der Waals surface area contributed by atoms with Crippen LogP contribution in [0.25, 0.3) is 10.9 Å². The molecule has 0 saturated carbocycles. The summed E-state index contributed by atoms with van der Waals surface area (Å²) in [4.78, 5) is 17.6. The van der Waals surface area contributed by atoms with Gasteiger partial charge in [0, 0.05) is 18.1 Å². The van der Waals surface area contributed by atoms with Crippen molar-refractivity contribution >= 4 is 22.6 Å². The average Bonchev–Trinajstić information content (AvgIpc) is 3.03. The number of rotatable bonds is 2. The summed E-state index contributed by atoms with van der Waals surface area (Å²) in [5, 5.41) is 12.9. The number of carbonyl (C=O) groups is 1. The molecule has 2 atom stereocenters. The predicted octanol–water partition coefficient (Wildman–Crippen LogP) is 3.15. The smallest absolute Gasteiger partial charge is 0.382 e. The van der Waals surface area contributed by atoms with E-state index in [1.807, 2.05) is 12.1 Å². The Morgan fingerprint density at radius 2 is 2.08 bits per heavy atom. The molecular formula is C16H16F3N3O2. The van der Waals surface area contributed by atoms with Gasteiger partial charge in [-0.05, 0) is 25.0 Å². The molecule has 2 unspecified atom stereocenters. The average molecular weight is 339 g/mol. The molecule has 128 valence electrons. The summed E-state index contributed by atoms with van der Waals surface area (Å²) in [5.41, 5.74) is 0.978. The van der Waals surface area contributed by atoms with E-state index in [-0.39, 0.29) is 13.0 Å². The summed E-state index contributed by atoms with van der Waals surface area (Å²) < 4.78 is 38.3. The molecule has 2 N–H and O–H groups in total. The Labute approximate surface area is 136 Å². The summed E-state index contributed by atoms with van der Waals surface area (Å²) >= 11 is 0. The van der Waals surface area contributed by atoms with Gasteiger partial charge in [0.2, 0.25) is 0 Å². The Bertz CT molecular complexity index is 745. The van der Waals surface area contributed by atoms with E-state index >= 15 is 0 Å². The first-order valence-electron chi connectivity index (χ1n) is 7.54. The number of hydrogen-bond acceptors (Lipinski definition) is 3. The van der Waals surface area contributed by atoms with E-state index in [1.165, 1.54) is 0 Å². The molecular weight excluding hydrogens is 323 g/mol. The van der Waals surface area contributed by atoms with Crippen LogP contribution < -0.4 is 5.32 Å². The first-order valence-corrected chi connectivity index (χ1v) is 7.54. The lowest BCUT2D eigenvalue weighted by Gasteiger charge is -2.29. The van der Waals surface area contributed by atoms with E-state index < -0.39 is 24.4 Å². The van der Waals surface area contributed by atoms with Crippen molar-refractivity contribution in [3.63, 3.8) is 0 Å². The molecule has 1 aliphatic heterocycles. The van der Waals surface area contributed by atoms with Crippen molar-refractivity contribution in [2.45, 2.75) is 31.2 Å². The quantitative estimate of drug-likeness (QED) is 0.883. The number of urea groups is 1. The number of aromatic nitrogens is 1. The third-order valence-electron chi connectivity index (χ3n) is 4.13. The molecule has 0 spiro atoms. The number of para-hydroxylation sites is 1. The van der Waals surface area contributed by atoms with Gasteiger partial charge >= 0.3 is 12.2 Å². The van der Waals surface area contributed by atoms with Crippen molar-refractivity contribution in [3.8, 4) is 0 Å². The minimum atomic E-state index is -4.76. The van der Waals surface area contributed by atoms with E-state index in [4.69, 9.17) is 0 Å². The molecule has 1 aliphatic rings. The van der Waals surface area contributed by atoms with Gasteiger partial charge in [-0.25, -0.2) is 4.79 Å². The van der Waals surface area contributed by atoms with Crippen molar-refractivity contribution in [1.82, 2.24) is 9.88 Å². The van der Waals surface area contributed by atoms with Crippen LogP contribution in [0, 0.1) is 0 Å². The van der Waals surface area contributed by atoms with E-state index in [1.54, 1.807) is 24.4 Å². The number of nitrogens with one attached hydrogen (secondary N) is 1. The zero-order chi connectivity index (χ0) is 17.3. The second-order valence-corrected chi connectivity index (χ2v) is 5.70. The van der Waals surface area contributed by atoms with Crippen LogP contribution in [0.3, 0.4) is 0 Å². The summed E-state index contributed by atoms with van der Waals surface area (Å²) in [6.07, 6.45) is -5.20. The molecule has 1 aromatic heterocycles. The Morgan fingerprint density at radius 1 is 1.33 bits per heavy atom. The zero-order valence-electron chi connectivity index (χ0n) is 12.6. The normalized spacial score (nSPS) is 19.5. The van der Waals surface area contributed by atoms with Crippen LogP contribution in [0.5, 0.6) is 0 Å². The predicted molar refractivity (Wildman–Crippen MR) is 82.6 cm³/mol. The third kappa shape index (κ3) is 3.14.